The predicted octanol–water partition coefficient (Wildman–Crippen LogP) is 3.76. The lowest BCUT2D eigenvalue weighted by atomic mass is 9.98. The van der Waals surface area contributed by atoms with E-state index in [9.17, 15) is 9.59 Å². The summed E-state index contributed by atoms with van der Waals surface area (Å²) in [6, 6.07) is 7.57. The molecule has 0 N–H and O–H groups in total. The third kappa shape index (κ3) is 8.82. The van der Waals surface area contributed by atoms with Crippen molar-refractivity contribution in [2.24, 2.45) is 5.92 Å². The summed E-state index contributed by atoms with van der Waals surface area (Å²) in [6.45, 7) is 12.4. The van der Waals surface area contributed by atoms with E-state index >= 15 is 0 Å². The van der Waals surface area contributed by atoms with E-state index in [1.54, 1.807) is 20.1 Å². The van der Waals surface area contributed by atoms with Crippen LogP contribution in [0.25, 0.3) is 0 Å². The fraction of sp³-hybridized carbons (Fsp3) is 0.524. The first-order chi connectivity index (χ1) is 13.2. The summed E-state index contributed by atoms with van der Waals surface area (Å²) < 4.78 is 21.9. The van der Waals surface area contributed by atoms with Gasteiger partial charge in [0.25, 0.3) is 0 Å². The molecular formula is C21H32O6Si. The lowest BCUT2D eigenvalue weighted by Gasteiger charge is -2.30. The minimum atomic E-state index is -2.04. The van der Waals surface area contributed by atoms with Crippen LogP contribution >= 0.6 is 0 Å². The fourth-order valence-electron chi connectivity index (χ4n) is 2.54. The van der Waals surface area contributed by atoms with Crippen molar-refractivity contribution in [3.05, 3.63) is 42.5 Å². The molecule has 1 aromatic rings. The molecule has 0 aromatic heterocycles. The van der Waals surface area contributed by atoms with Crippen LogP contribution in [0.3, 0.4) is 0 Å². The van der Waals surface area contributed by atoms with Gasteiger partial charge in [0.2, 0.25) is 0 Å². The van der Waals surface area contributed by atoms with Crippen molar-refractivity contribution in [3.8, 4) is 5.75 Å². The average molecular weight is 409 g/mol. The van der Waals surface area contributed by atoms with Crippen LogP contribution in [0.4, 0.5) is 0 Å². The molecule has 0 amide bonds. The summed E-state index contributed by atoms with van der Waals surface area (Å²) in [6.07, 6.45) is 0.567. The largest absolute Gasteiger partial charge is 0.497 e. The van der Waals surface area contributed by atoms with Crippen LogP contribution in [0.5, 0.6) is 5.75 Å². The minimum Gasteiger partial charge on any atom is -0.497 e. The zero-order chi connectivity index (χ0) is 21.2. The molecule has 0 aliphatic heterocycles. The molecule has 156 valence electrons. The smallest absolute Gasteiger partial charge is 0.313 e. The third-order valence-corrected chi connectivity index (χ3v) is 4.81. The van der Waals surface area contributed by atoms with Crippen LogP contribution in [0.15, 0.2) is 36.9 Å². The van der Waals surface area contributed by atoms with E-state index in [0.29, 0.717) is 6.61 Å². The van der Waals surface area contributed by atoms with E-state index in [-0.39, 0.29) is 31.3 Å². The van der Waals surface area contributed by atoms with Crippen molar-refractivity contribution in [1.29, 1.82) is 0 Å². The molecule has 1 rings (SSSR count). The second-order valence-electron chi connectivity index (χ2n) is 7.36. The first-order valence-electron chi connectivity index (χ1n) is 9.39. The second kappa shape index (κ2) is 11.8. The molecule has 0 bridgehead atoms. The first-order valence-corrected chi connectivity index (χ1v) is 12.8. The van der Waals surface area contributed by atoms with Crippen LogP contribution in [-0.2, 0) is 30.1 Å². The molecular weight excluding hydrogens is 376 g/mol. The number of methoxy groups -OCH3 is 1. The number of esters is 1. The molecule has 0 heterocycles. The van der Waals surface area contributed by atoms with Gasteiger partial charge in [-0.2, -0.15) is 0 Å². The van der Waals surface area contributed by atoms with Crippen LogP contribution in [0, 0.1) is 5.92 Å². The molecule has 0 aliphatic carbocycles. The molecule has 0 saturated heterocycles. The van der Waals surface area contributed by atoms with Crippen molar-refractivity contribution in [1.82, 2.24) is 0 Å². The SMILES string of the molecule is C=C[C@@H](COCc1ccc(OC)cc1)[C@@H](O[Si](C)(C)C)C(=O)CC(=O)OCC. The van der Waals surface area contributed by atoms with E-state index in [1.807, 2.05) is 43.9 Å². The van der Waals surface area contributed by atoms with Crippen molar-refractivity contribution in [2.45, 2.75) is 45.7 Å². The van der Waals surface area contributed by atoms with Gasteiger partial charge in [-0.3, -0.25) is 9.59 Å². The van der Waals surface area contributed by atoms with Gasteiger partial charge in [0, 0.05) is 5.92 Å². The van der Waals surface area contributed by atoms with E-state index < -0.39 is 20.4 Å². The van der Waals surface area contributed by atoms with Gasteiger partial charge in [-0.05, 0) is 44.3 Å². The quantitative estimate of drug-likeness (QED) is 0.214. The highest BCUT2D eigenvalue weighted by atomic mass is 28.4. The molecule has 28 heavy (non-hydrogen) atoms. The Morgan fingerprint density at radius 2 is 1.82 bits per heavy atom. The van der Waals surface area contributed by atoms with Gasteiger partial charge < -0.3 is 18.6 Å². The summed E-state index contributed by atoms with van der Waals surface area (Å²) in [5, 5.41) is 0. The molecule has 6 nitrogen and oxygen atoms in total. The first kappa shape index (κ1) is 24.1. The van der Waals surface area contributed by atoms with Gasteiger partial charge in [-0.15, -0.1) is 6.58 Å². The summed E-state index contributed by atoms with van der Waals surface area (Å²) in [7, 11) is -0.418. The van der Waals surface area contributed by atoms with Crippen LogP contribution in [-0.4, -0.2) is 46.5 Å². The lowest BCUT2D eigenvalue weighted by molar-refractivity contribution is -0.147. The van der Waals surface area contributed by atoms with Crippen molar-refractivity contribution in [2.75, 3.05) is 20.3 Å². The van der Waals surface area contributed by atoms with E-state index in [0.717, 1.165) is 11.3 Å². The fourth-order valence-corrected chi connectivity index (χ4v) is 3.61. The highest BCUT2D eigenvalue weighted by Gasteiger charge is 2.33. The lowest BCUT2D eigenvalue weighted by Crippen LogP contribution is -2.43. The molecule has 0 saturated carbocycles. The molecule has 0 aliphatic rings. The van der Waals surface area contributed by atoms with Crippen molar-refractivity contribution in [3.63, 3.8) is 0 Å². The summed E-state index contributed by atoms with van der Waals surface area (Å²) >= 11 is 0. The summed E-state index contributed by atoms with van der Waals surface area (Å²) in [5.41, 5.74) is 0.990. The number of ether oxygens (including phenoxy) is 3. The Balaban J connectivity index is 2.75. The maximum absolute atomic E-state index is 12.7. The Kier molecular flexibility index (Phi) is 10.1. The Morgan fingerprint density at radius 3 is 2.32 bits per heavy atom. The Morgan fingerprint density at radius 1 is 1.18 bits per heavy atom. The molecule has 2 atom stereocenters. The summed E-state index contributed by atoms with van der Waals surface area (Å²) in [4.78, 5) is 24.4. The van der Waals surface area contributed by atoms with Crippen LogP contribution in [0.2, 0.25) is 19.6 Å². The van der Waals surface area contributed by atoms with E-state index in [1.165, 1.54) is 0 Å². The highest BCUT2D eigenvalue weighted by Crippen LogP contribution is 2.20. The zero-order valence-electron chi connectivity index (χ0n) is 17.5. The topological polar surface area (TPSA) is 71.1 Å². The third-order valence-electron chi connectivity index (χ3n) is 3.85. The van der Waals surface area contributed by atoms with Crippen molar-refractivity contribution < 1.29 is 28.2 Å². The number of carbonyl (C=O) groups excluding carboxylic acids is 2. The monoisotopic (exact) mass is 408 g/mol. The van der Waals surface area contributed by atoms with E-state index in [2.05, 4.69) is 6.58 Å². The number of carbonyl (C=O) groups is 2. The molecule has 0 spiro atoms. The second-order valence-corrected chi connectivity index (χ2v) is 11.8. The number of rotatable bonds is 13. The van der Waals surface area contributed by atoms with Gasteiger partial charge in [0.15, 0.2) is 14.1 Å². The number of benzene rings is 1. The number of hydrogen-bond acceptors (Lipinski definition) is 6. The maximum atomic E-state index is 12.7. The van der Waals surface area contributed by atoms with Gasteiger partial charge in [-0.1, -0.05) is 18.2 Å². The Bertz CT molecular complexity index is 635. The molecule has 0 fully saturated rings. The molecule has 1 aromatic carbocycles. The molecule has 0 radical (unpaired) electrons. The van der Waals surface area contributed by atoms with Crippen LogP contribution in [0.1, 0.15) is 18.9 Å². The standard InChI is InChI=1S/C21H32O6Si/c1-7-17(15-25-14-16-9-11-18(24-3)12-10-16)21(27-28(4,5)6)19(22)13-20(23)26-8-2/h7,9-12,17,21H,1,8,13-15H2,2-6H3/t17-,21+/m0/s1. The predicted molar refractivity (Wildman–Crippen MR) is 111 cm³/mol. The number of Topliss-reactive ketones (excluding diaryl/α,β-unsaturated/α-hetero) is 1. The molecule has 7 heteroatoms. The average Bonchev–Trinajstić information content (AvgIpc) is 2.63. The zero-order valence-corrected chi connectivity index (χ0v) is 18.5. The maximum Gasteiger partial charge on any atom is 0.313 e. The van der Waals surface area contributed by atoms with E-state index in [4.69, 9.17) is 18.6 Å². The Labute approximate surface area is 168 Å². The molecule has 0 unspecified atom stereocenters. The van der Waals surface area contributed by atoms with Gasteiger partial charge in [0.05, 0.1) is 26.9 Å². The number of ketones is 1. The number of hydrogen-bond donors (Lipinski definition) is 0. The van der Waals surface area contributed by atoms with Crippen LogP contribution < -0.4 is 4.74 Å². The normalized spacial score (nSPS) is 13.5. The van der Waals surface area contributed by atoms with Gasteiger partial charge >= 0.3 is 5.97 Å². The highest BCUT2D eigenvalue weighted by molar-refractivity contribution is 6.69. The van der Waals surface area contributed by atoms with Gasteiger partial charge in [-0.25, -0.2) is 0 Å². The van der Waals surface area contributed by atoms with Crippen molar-refractivity contribution >= 4 is 20.1 Å². The Hall–Kier alpha value is -1.96. The van der Waals surface area contributed by atoms with Gasteiger partial charge in [0.1, 0.15) is 18.3 Å². The minimum absolute atomic E-state index is 0.238. The summed E-state index contributed by atoms with van der Waals surface area (Å²) in [5.74, 6) is -0.426.